The Bertz CT molecular complexity index is 1090. The number of anilines is 1. The maximum atomic E-state index is 12.8. The quantitative estimate of drug-likeness (QED) is 0.533. The van der Waals surface area contributed by atoms with Crippen molar-refractivity contribution in [2.45, 2.75) is 30.5 Å². The van der Waals surface area contributed by atoms with Gasteiger partial charge in [-0.1, -0.05) is 36.9 Å². The smallest absolute Gasteiger partial charge is 0.237 e. The molecule has 0 aliphatic heterocycles. The molecule has 132 valence electrons. The first kappa shape index (κ1) is 16.7. The number of carbonyl (C=O) groups is 1. The first-order valence-electron chi connectivity index (χ1n) is 8.40. The average Bonchev–Trinajstić information content (AvgIpc) is 3.23. The molecular formula is C19H18N4O2S. The third-order valence-electron chi connectivity index (χ3n) is 4.32. The number of thioether (sulfide) groups is 1. The molecule has 1 aromatic carbocycles. The van der Waals surface area contributed by atoms with Gasteiger partial charge in [0.15, 0.2) is 5.58 Å². The molecular weight excluding hydrogens is 348 g/mol. The van der Waals surface area contributed by atoms with E-state index in [0.29, 0.717) is 11.4 Å². The molecule has 6 nitrogen and oxygen atoms in total. The highest BCUT2D eigenvalue weighted by atomic mass is 32.2. The van der Waals surface area contributed by atoms with E-state index in [1.165, 1.54) is 11.8 Å². The van der Waals surface area contributed by atoms with Crippen LogP contribution in [0.3, 0.4) is 0 Å². The number of amides is 1. The van der Waals surface area contributed by atoms with Gasteiger partial charge in [0.1, 0.15) is 11.4 Å². The maximum absolute atomic E-state index is 12.8. The van der Waals surface area contributed by atoms with Crippen molar-refractivity contribution in [3.8, 4) is 0 Å². The fraction of sp³-hybridized carbons (Fsp3) is 0.211. The molecule has 0 unspecified atom stereocenters. The number of para-hydroxylation sites is 1. The summed E-state index contributed by atoms with van der Waals surface area (Å²) in [5.41, 5.74) is 4.48. The summed E-state index contributed by atoms with van der Waals surface area (Å²) in [6.45, 7) is 3.97. The molecule has 7 heteroatoms. The van der Waals surface area contributed by atoms with E-state index in [1.54, 1.807) is 12.6 Å². The van der Waals surface area contributed by atoms with Crippen LogP contribution in [0.2, 0.25) is 0 Å². The number of nitrogens with zero attached hydrogens (tertiary/aromatic N) is 3. The molecule has 0 aliphatic carbocycles. The summed E-state index contributed by atoms with van der Waals surface area (Å²) < 4.78 is 7.39. The Morgan fingerprint density at radius 2 is 2.15 bits per heavy atom. The summed E-state index contributed by atoms with van der Waals surface area (Å²) in [5, 5.41) is 11.8. The Balaban J connectivity index is 1.61. The second-order valence-electron chi connectivity index (χ2n) is 6.02. The topological polar surface area (TPSA) is 72.4 Å². The number of carbonyl (C=O) groups excluding carboxylic acids is 1. The van der Waals surface area contributed by atoms with Gasteiger partial charge in [0.05, 0.1) is 22.5 Å². The number of fused-ring (bicyclic) bond motifs is 3. The van der Waals surface area contributed by atoms with Gasteiger partial charge in [0.2, 0.25) is 5.91 Å². The Labute approximate surface area is 154 Å². The van der Waals surface area contributed by atoms with Crippen molar-refractivity contribution in [3.05, 3.63) is 54.6 Å². The number of furan rings is 1. The second kappa shape index (κ2) is 6.84. The normalized spacial score (nSPS) is 12.5. The van der Waals surface area contributed by atoms with Gasteiger partial charge in [-0.3, -0.25) is 9.20 Å². The number of hydrogen-bond acceptors (Lipinski definition) is 5. The third-order valence-corrected chi connectivity index (χ3v) is 5.66. The minimum absolute atomic E-state index is 0.0363. The van der Waals surface area contributed by atoms with Gasteiger partial charge >= 0.3 is 0 Å². The molecule has 0 aliphatic rings. The van der Waals surface area contributed by atoms with Crippen LogP contribution < -0.4 is 5.32 Å². The second-order valence-corrected chi connectivity index (χ2v) is 7.22. The van der Waals surface area contributed by atoms with E-state index >= 15 is 0 Å². The monoisotopic (exact) mass is 366 g/mol. The molecule has 0 radical (unpaired) electrons. The number of nitrogens with one attached hydrogen (secondary N) is 1. The van der Waals surface area contributed by atoms with E-state index in [1.807, 2.05) is 54.6 Å². The van der Waals surface area contributed by atoms with Crippen LogP contribution in [-0.2, 0) is 4.79 Å². The van der Waals surface area contributed by atoms with E-state index in [0.717, 1.165) is 27.9 Å². The number of aromatic nitrogens is 3. The number of benzene rings is 1. The fourth-order valence-electron chi connectivity index (χ4n) is 2.88. The molecule has 26 heavy (non-hydrogen) atoms. The van der Waals surface area contributed by atoms with Crippen molar-refractivity contribution in [1.29, 1.82) is 0 Å². The van der Waals surface area contributed by atoms with Crippen molar-refractivity contribution < 1.29 is 9.21 Å². The van der Waals surface area contributed by atoms with E-state index in [-0.39, 0.29) is 11.2 Å². The lowest BCUT2D eigenvalue weighted by Gasteiger charge is -2.15. The molecule has 1 N–H and O–H groups in total. The van der Waals surface area contributed by atoms with Crippen LogP contribution in [0.4, 0.5) is 5.69 Å². The third kappa shape index (κ3) is 2.94. The summed E-state index contributed by atoms with van der Waals surface area (Å²) >= 11 is 1.42. The molecule has 0 saturated heterocycles. The first-order valence-corrected chi connectivity index (χ1v) is 9.28. The summed E-state index contributed by atoms with van der Waals surface area (Å²) in [4.78, 5) is 12.8. The molecule has 0 bridgehead atoms. The molecule has 1 amide bonds. The summed E-state index contributed by atoms with van der Waals surface area (Å²) in [7, 11) is 0. The van der Waals surface area contributed by atoms with Crippen molar-refractivity contribution in [2.75, 3.05) is 5.32 Å². The predicted octanol–water partition coefficient (Wildman–Crippen LogP) is 4.29. The van der Waals surface area contributed by atoms with E-state index in [4.69, 9.17) is 4.42 Å². The highest BCUT2D eigenvalue weighted by Gasteiger charge is 2.22. The number of hydrogen-bond donors (Lipinski definition) is 1. The summed E-state index contributed by atoms with van der Waals surface area (Å²) in [6.07, 6.45) is 3.99. The van der Waals surface area contributed by atoms with Crippen LogP contribution in [0.5, 0.6) is 0 Å². The summed E-state index contributed by atoms with van der Waals surface area (Å²) in [5.74, 6) is -0.0363. The zero-order valence-corrected chi connectivity index (χ0v) is 15.3. The zero-order chi connectivity index (χ0) is 18.1. The molecule has 4 aromatic rings. The zero-order valence-electron chi connectivity index (χ0n) is 14.5. The van der Waals surface area contributed by atoms with Crippen molar-refractivity contribution >= 4 is 40.0 Å². The highest BCUT2D eigenvalue weighted by molar-refractivity contribution is 8.00. The number of rotatable bonds is 5. The number of aryl methyl sites for hydroxylation is 1. The lowest BCUT2D eigenvalue weighted by molar-refractivity contribution is -0.115. The van der Waals surface area contributed by atoms with Gasteiger partial charge in [-0.2, -0.15) is 0 Å². The van der Waals surface area contributed by atoms with E-state index in [9.17, 15) is 4.79 Å². The standard InChI is InChI=1S/C19H18N4O2S/c1-3-17(18(24)21-13-7-5-4-6-12(13)2)26-19-15-10-16-14(8-9-25-16)23(15)11-20-22-19/h4-11,17H,3H2,1-2H3,(H,21,24)/t17-/m0/s1. The van der Waals surface area contributed by atoms with Crippen LogP contribution >= 0.6 is 11.8 Å². The molecule has 1 atom stereocenters. The van der Waals surface area contributed by atoms with Crippen LogP contribution in [-0.4, -0.2) is 25.8 Å². The average molecular weight is 366 g/mol. The minimum Gasteiger partial charge on any atom is -0.463 e. The summed E-state index contributed by atoms with van der Waals surface area (Å²) in [6, 6.07) is 11.6. The molecule has 0 spiro atoms. The first-order chi connectivity index (χ1) is 12.7. The molecule has 3 aromatic heterocycles. The Hall–Kier alpha value is -2.80. The minimum atomic E-state index is -0.267. The van der Waals surface area contributed by atoms with Crippen LogP contribution in [0.1, 0.15) is 18.9 Å². The SMILES string of the molecule is CC[C@H](Sc1nncn2c1cc1occc12)C(=O)Nc1ccccc1C. The Morgan fingerprint density at radius 3 is 2.96 bits per heavy atom. The van der Waals surface area contributed by atoms with Gasteiger partial charge in [-0.05, 0) is 25.0 Å². The maximum Gasteiger partial charge on any atom is 0.237 e. The fourth-order valence-corrected chi connectivity index (χ4v) is 3.86. The molecule has 0 fully saturated rings. The Morgan fingerprint density at radius 1 is 1.31 bits per heavy atom. The van der Waals surface area contributed by atoms with Crippen LogP contribution in [0, 0.1) is 6.92 Å². The Kier molecular flexibility index (Phi) is 4.38. The largest absolute Gasteiger partial charge is 0.463 e. The van der Waals surface area contributed by atoms with Crippen LogP contribution in [0.15, 0.2) is 58.4 Å². The van der Waals surface area contributed by atoms with E-state index < -0.39 is 0 Å². The van der Waals surface area contributed by atoms with Gasteiger partial charge < -0.3 is 9.73 Å². The van der Waals surface area contributed by atoms with Crippen molar-refractivity contribution in [3.63, 3.8) is 0 Å². The van der Waals surface area contributed by atoms with Gasteiger partial charge in [-0.25, -0.2) is 0 Å². The lowest BCUT2D eigenvalue weighted by Crippen LogP contribution is -2.25. The molecule has 3 heterocycles. The molecule has 4 rings (SSSR count). The lowest BCUT2D eigenvalue weighted by atomic mass is 10.2. The van der Waals surface area contributed by atoms with Crippen molar-refractivity contribution in [2.24, 2.45) is 0 Å². The predicted molar refractivity (Wildman–Crippen MR) is 103 cm³/mol. The van der Waals surface area contributed by atoms with Crippen LogP contribution in [0.25, 0.3) is 16.6 Å². The van der Waals surface area contributed by atoms with E-state index in [2.05, 4.69) is 15.5 Å². The van der Waals surface area contributed by atoms with Crippen molar-refractivity contribution in [1.82, 2.24) is 14.6 Å². The van der Waals surface area contributed by atoms with Gasteiger partial charge in [0.25, 0.3) is 0 Å². The van der Waals surface area contributed by atoms with Gasteiger partial charge in [0, 0.05) is 17.8 Å². The highest BCUT2D eigenvalue weighted by Crippen LogP contribution is 2.31. The van der Waals surface area contributed by atoms with Gasteiger partial charge in [-0.15, -0.1) is 10.2 Å². The molecule has 0 saturated carbocycles.